The molecule has 2 aliphatic rings. The van der Waals surface area contributed by atoms with E-state index in [-0.39, 0.29) is 23.5 Å². The van der Waals surface area contributed by atoms with Gasteiger partial charge >= 0.3 is 0 Å². The lowest BCUT2D eigenvalue weighted by molar-refractivity contribution is -0.131. The normalized spacial score (nSPS) is 21.0. The average Bonchev–Trinajstić information content (AvgIpc) is 3.13. The highest BCUT2D eigenvalue weighted by atomic mass is 35.5. The van der Waals surface area contributed by atoms with Crippen LogP contribution in [-0.2, 0) is 14.8 Å². The van der Waals surface area contributed by atoms with Crippen LogP contribution < -0.4 is 4.72 Å². The van der Waals surface area contributed by atoms with Gasteiger partial charge < -0.3 is 14.9 Å². The zero-order valence-corrected chi connectivity index (χ0v) is 19.6. The maximum absolute atomic E-state index is 13.0. The van der Waals surface area contributed by atoms with Gasteiger partial charge in [0.2, 0.25) is 15.9 Å². The van der Waals surface area contributed by atoms with Gasteiger partial charge in [-0.2, -0.15) is 4.72 Å². The van der Waals surface area contributed by atoms with E-state index in [2.05, 4.69) is 9.62 Å². The first kappa shape index (κ1) is 23.4. The van der Waals surface area contributed by atoms with Crippen molar-refractivity contribution in [2.75, 3.05) is 32.8 Å². The Bertz CT molecular complexity index is 1070. The molecule has 1 amide bonds. The zero-order valence-electron chi connectivity index (χ0n) is 18.0. The molecular formula is C23H30ClN3O4S. The summed E-state index contributed by atoms with van der Waals surface area (Å²) < 4.78 is 28.6. The largest absolute Gasteiger partial charge is 0.396 e. The van der Waals surface area contributed by atoms with Gasteiger partial charge in [-0.15, -0.1) is 0 Å². The average molecular weight is 480 g/mol. The molecule has 4 rings (SSSR count). The van der Waals surface area contributed by atoms with Crippen molar-refractivity contribution < 1.29 is 18.3 Å². The number of sulfonamides is 1. The molecule has 0 radical (unpaired) electrons. The van der Waals surface area contributed by atoms with Gasteiger partial charge in [-0.05, 0) is 73.7 Å². The molecule has 0 aromatic heterocycles. The van der Waals surface area contributed by atoms with E-state index in [0.29, 0.717) is 18.0 Å². The number of carbonyl (C=O) groups is 1. The van der Waals surface area contributed by atoms with E-state index in [9.17, 15) is 13.2 Å². The van der Waals surface area contributed by atoms with Crippen LogP contribution in [0.25, 0.3) is 10.8 Å². The van der Waals surface area contributed by atoms with Crippen LogP contribution in [0.15, 0.2) is 41.3 Å². The quantitative estimate of drug-likeness (QED) is 0.568. The van der Waals surface area contributed by atoms with Crippen molar-refractivity contribution in [2.24, 2.45) is 0 Å². The number of likely N-dealkylation sites (tertiary alicyclic amines) is 2. The Morgan fingerprint density at radius 3 is 2.47 bits per heavy atom. The van der Waals surface area contributed by atoms with E-state index in [1.54, 1.807) is 36.4 Å². The number of rotatable bonds is 8. The molecule has 9 heteroatoms. The number of aliphatic hydroxyl groups excluding tert-OH is 1. The van der Waals surface area contributed by atoms with Crippen LogP contribution in [0.5, 0.6) is 0 Å². The van der Waals surface area contributed by atoms with E-state index in [1.165, 1.54) is 0 Å². The summed E-state index contributed by atoms with van der Waals surface area (Å²) in [7, 11) is -3.81. The maximum atomic E-state index is 13.0. The predicted octanol–water partition coefficient (Wildman–Crippen LogP) is 2.61. The number of halogens is 1. The Hall–Kier alpha value is -1.71. The van der Waals surface area contributed by atoms with Crippen molar-refractivity contribution in [2.45, 2.75) is 49.1 Å². The smallest absolute Gasteiger partial charge is 0.241 e. The standard InChI is InChI=1S/C23H30ClN3O4S/c24-19-5-3-18-16-21(6-4-17(18)15-19)32(30,31)25-22-9-13-27(23(22)29)20-7-11-26(12-8-20)10-1-2-14-28/h3-6,15-16,20,22,25,28H,1-2,7-14H2/t22-/m0/s1. The summed E-state index contributed by atoms with van der Waals surface area (Å²) >= 11 is 6.01. The zero-order chi connectivity index (χ0) is 22.7. The molecule has 174 valence electrons. The van der Waals surface area contributed by atoms with Crippen molar-refractivity contribution in [1.29, 1.82) is 0 Å². The van der Waals surface area contributed by atoms with Gasteiger partial charge in [0, 0.05) is 37.3 Å². The number of aliphatic hydroxyl groups is 1. The lowest BCUT2D eigenvalue weighted by atomic mass is 10.0. The minimum absolute atomic E-state index is 0.125. The molecule has 0 bridgehead atoms. The van der Waals surface area contributed by atoms with E-state index < -0.39 is 16.1 Å². The Morgan fingerprint density at radius 1 is 1.00 bits per heavy atom. The summed E-state index contributed by atoms with van der Waals surface area (Å²) in [4.78, 5) is 17.4. The van der Waals surface area contributed by atoms with Crippen molar-refractivity contribution in [3.05, 3.63) is 41.4 Å². The van der Waals surface area contributed by atoms with Gasteiger partial charge in [-0.1, -0.05) is 23.7 Å². The molecule has 0 spiro atoms. The number of nitrogens with zero attached hydrogens (tertiary/aromatic N) is 2. The molecule has 2 saturated heterocycles. The summed E-state index contributed by atoms with van der Waals surface area (Å²) in [5.41, 5.74) is 0. The van der Waals surface area contributed by atoms with E-state index >= 15 is 0 Å². The fourth-order valence-corrected chi connectivity index (χ4v) is 6.13. The van der Waals surface area contributed by atoms with Gasteiger partial charge in [0.1, 0.15) is 6.04 Å². The number of carbonyl (C=O) groups excluding carboxylic acids is 1. The first-order chi connectivity index (χ1) is 15.4. The Morgan fingerprint density at radius 2 is 1.72 bits per heavy atom. The molecule has 7 nitrogen and oxygen atoms in total. The van der Waals surface area contributed by atoms with Crippen LogP contribution in [0.2, 0.25) is 5.02 Å². The highest BCUT2D eigenvalue weighted by molar-refractivity contribution is 7.89. The number of benzene rings is 2. The van der Waals surface area contributed by atoms with Gasteiger partial charge in [0.05, 0.1) is 4.90 Å². The number of fused-ring (bicyclic) bond motifs is 1. The third kappa shape index (κ3) is 5.26. The highest BCUT2D eigenvalue weighted by Crippen LogP contribution is 2.26. The summed E-state index contributed by atoms with van der Waals surface area (Å²) in [5.74, 6) is -0.125. The lowest BCUT2D eigenvalue weighted by Crippen LogP contribution is -2.48. The molecule has 0 unspecified atom stereocenters. The van der Waals surface area contributed by atoms with Gasteiger partial charge in [-0.3, -0.25) is 4.79 Å². The van der Waals surface area contributed by atoms with Crippen LogP contribution in [0.1, 0.15) is 32.1 Å². The van der Waals surface area contributed by atoms with Crippen LogP contribution in [0.4, 0.5) is 0 Å². The molecule has 2 heterocycles. The first-order valence-electron chi connectivity index (χ1n) is 11.2. The SMILES string of the molecule is O=C1[C@@H](NS(=O)(=O)c2ccc3cc(Cl)ccc3c2)CCN1C1CCN(CCCCO)CC1. The van der Waals surface area contributed by atoms with Crippen LogP contribution in [0.3, 0.4) is 0 Å². The molecule has 0 aliphatic carbocycles. The molecule has 2 aromatic rings. The van der Waals surface area contributed by atoms with Gasteiger partial charge in [0.15, 0.2) is 0 Å². The second-order valence-corrected chi connectivity index (χ2v) is 10.8. The number of hydrogen-bond donors (Lipinski definition) is 2. The first-order valence-corrected chi connectivity index (χ1v) is 13.1. The van der Waals surface area contributed by atoms with Crippen molar-refractivity contribution in [1.82, 2.24) is 14.5 Å². The van der Waals surface area contributed by atoms with Crippen molar-refractivity contribution >= 4 is 38.3 Å². The van der Waals surface area contributed by atoms with Gasteiger partial charge in [0.25, 0.3) is 0 Å². The number of piperidine rings is 1. The third-order valence-corrected chi connectivity index (χ3v) is 8.21. The summed E-state index contributed by atoms with van der Waals surface area (Å²) in [6.45, 7) is 3.64. The molecule has 2 aromatic carbocycles. The molecule has 2 N–H and O–H groups in total. The van der Waals surface area contributed by atoms with E-state index in [4.69, 9.17) is 16.7 Å². The van der Waals surface area contributed by atoms with Crippen LogP contribution in [0, 0.1) is 0 Å². The van der Waals surface area contributed by atoms with Crippen LogP contribution >= 0.6 is 11.6 Å². The molecular weight excluding hydrogens is 450 g/mol. The Kier molecular flexibility index (Phi) is 7.37. The molecule has 0 saturated carbocycles. The lowest BCUT2D eigenvalue weighted by Gasteiger charge is -2.36. The highest BCUT2D eigenvalue weighted by Gasteiger charge is 2.39. The summed E-state index contributed by atoms with van der Waals surface area (Å²) in [6, 6.07) is 9.63. The second-order valence-electron chi connectivity index (χ2n) is 8.65. The number of amides is 1. The summed E-state index contributed by atoms with van der Waals surface area (Å²) in [6.07, 6.45) is 4.08. The minimum Gasteiger partial charge on any atom is -0.396 e. The number of unbranched alkanes of at least 4 members (excludes halogenated alkanes) is 1. The fourth-order valence-electron chi connectivity index (χ4n) is 4.69. The Balaban J connectivity index is 1.36. The number of nitrogens with one attached hydrogen (secondary N) is 1. The fraction of sp³-hybridized carbons (Fsp3) is 0.522. The molecule has 2 fully saturated rings. The van der Waals surface area contributed by atoms with E-state index in [0.717, 1.165) is 56.1 Å². The van der Waals surface area contributed by atoms with Gasteiger partial charge in [-0.25, -0.2) is 8.42 Å². The van der Waals surface area contributed by atoms with Crippen molar-refractivity contribution in [3.8, 4) is 0 Å². The van der Waals surface area contributed by atoms with E-state index in [1.807, 2.05) is 4.90 Å². The maximum Gasteiger partial charge on any atom is 0.241 e. The molecule has 2 aliphatic heterocycles. The molecule has 32 heavy (non-hydrogen) atoms. The second kappa shape index (κ2) is 10.1. The van der Waals surface area contributed by atoms with Crippen molar-refractivity contribution in [3.63, 3.8) is 0 Å². The third-order valence-electron chi connectivity index (χ3n) is 6.50. The van der Waals surface area contributed by atoms with Crippen LogP contribution in [-0.4, -0.2) is 74.1 Å². The minimum atomic E-state index is -3.81. The predicted molar refractivity (Wildman–Crippen MR) is 125 cm³/mol. The summed E-state index contributed by atoms with van der Waals surface area (Å²) in [5, 5.41) is 11.2. The Labute approximate surface area is 194 Å². The molecule has 1 atom stereocenters. The monoisotopic (exact) mass is 479 g/mol. The number of hydrogen-bond acceptors (Lipinski definition) is 5. The topological polar surface area (TPSA) is 90.0 Å².